The third-order valence-corrected chi connectivity index (χ3v) is 2.75. The summed E-state index contributed by atoms with van der Waals surface area (Å²) >= 11 is 5.55. The lowest BCUT2D eigenvalue weighted by Gasteiger charge is -2.06. The van der Waals surface area contributed by atoms with E-state index in [1.54, 1.807) is 0 Å². The van der Waals surface area contributed by atoms with Crippen molar-refractivity contribution in [1.82, 2.24) is 0 Å². The van der Waals surface area contributed by atoms with Crippen LogP contribution in [0.4, 0.5) is 0 Å². The summed E-state index contributed by atoms with van der Waals surface area (Å²) in [6.07, 6.45) is 1.92. The molecule has 0 saturated heterocycles. The van der Waals surface area contributed by atoms with Gasteiger partial charge in [0, 0.05) is 18.7 Å². The molecule has 2 heteroatoms. The van der Waals surface area contributed by atoms with Gasteiger partial charge in [0.05, 0.1) is 0 Å². The van der Waals surface area contributed by atoms with Crippen LogP contribution >= 0.6 is 11.6 Å². The third kappa shape index (κ3) is 4.05. The molecule has 0 aliphatic rings. The SMILES string of the molecule is Cc1ccc(C)c(CC(=O)CCCCl)c1. The van der Waals surface area contributed by atoms with Gasteiger partial charge in [0.15, 0.2) is 0 Å². The lowest BCUT2D eigenvalue weighted by Crippen LogP contribution is -2.04. The molecule has 0 aliphatic carbocycles. The van der Waals surface area contributed by atoms with Crippen LogP contribution < -0.4 is 0 Å². The van der Waals surface area contributed by atoms with Gasteiger partial charge in [0.2, 0.25) is 0 Å². The summed E-state index contributed by atoms with van der Waals surface area (Å²) in [7, 11) is 0. The first-order valence-electron chi connectivity index (χ1n) is 5.27. The van der Waals surface area contributed by atoms with Crippen LogP contribution in [0.1, 0.15) is 29.5 Å². The molecular formula is C13H17ClO. The largest absolute Gasteiger partial charge is 0.299 e. The quantitative estimate of drug-likeness (QED) is 0.701. The second-order valence-electron chi connectivity index (χ2n) is 3.94. The predicted octanol–water partition coefficient (Wildman–Crippen LogP) is 3.43. The number of benzene rings is 1. The van der Waals surface area contributed by atoms with Crippen molar-refractivity contribution in [2.45, 2.75) is 33.1 Å². The molecule has 0 unspecified atom stereocenters. The fourth-order valence-corrected chi connectivity index (χ4v) is 1.69. The Morgan fingerprint density at radius 2 is 2.07 bits per heavy atom. The highest BCUT2D eigenvalue weighted by atomic mass is 35.5. The van der Waals surface area contributed by atoms with Crippen LogP contribution in [0.5, 0.6) is 0 Å². The van der Waals surface area contributed by atoms with Gasteiger partial charge in [-0.15, -0.1) is 11.6 Å². The highest BCUT2D eigenvalue weighted by molar-refractivity contribution is 6.17. The maximum atomic E-state index is 11.6. The molecule has 0 radical (unpaired) electrons. The number of hydrogen-bond acceptors (Lipinski definition) is 1. The second-order valence-corrected chi connectivity index (χ2v) is 4.32. The molecule has 0 heterocycles. The first kappa shape index (κ1) is 12.3. The number of alkyl halides is 1. The smallest absolute Gasteiger partial charge is 0.137 e. The summed E-state index contributed by atoms with van der Waals surface area (Å²) in [5.74, 6) is 0.850. The molecule has 1 aromatic rings. The zero-order chi connectivity index (χ0) is 11.3. The molecule has 15 heavy (non-hydrogen) atoms. The molecule has 0 aliphatic heterocycles. The van der Waals surface area contributed by atoms with Gasteiger partial charge < -0.3 is 0 Å². The Hall–Kier alpha value is -0.820. The van der Waals surface area contributed by atoms with E-state index in [4.69, 9.17) is 11.6 Å². The van der Waals surface area contributed by atoms with Crippen LogP contribution in [0, 0.1) is 13.8 Å². The van der Waals surface area contributed by atoms with Crippen LogP contribution in [0.15, 0.2) is 18.2 Å². The van der Waals surface area contributed by atoms with E-state index in [2.05, 4.69) is 18.2 Å². The number of rotatable bonds is 5. The van der Waals surface area contributed by atoms with Gasteiger partial charge in [-0.25, -0.2) is 0 Å². The highest BCUT2D eigenvalue weighted by Crippen LogP contribution is 2.12. The number of hydrogen-bond donors (Lipinski definition) is 0. The Labute approximate surface area is 96.5 Å². The number of ketones is 1. The van der Waals surface area contributed by atoms with Crippen LogP contribution in [0.3, 0.4) is 0 Å². The number of Topliss-reactive ketones (excluding diaryl/α,β-unsaturated/α-hetero) is 1. The zero-order valence-electron chi connectivity index (χ0n) is 9.35. The van der Waals surface area contributed by atoms with Gasteiger partial charge in [-0.05, 0) is 31.4 Å². The molecule has 0 amide bonds. The first-order chi connectivity index (χ1) is 7.13. The average Bonchev–Trinajstić information content (AvgIpc) is 2.20. The second kappa shape index (κ2) is 5.92. The fraction of sp³-hybridized carbons (Fsp3) is 0.462. The standard InChI is InChI=1S/C13H17ClO/c1-10-5-6-11(2)12(8-10)9-13(15)4-3-7-14/h5-6,8H,3-4,7,9H2,1-2H3. The first-order valence-corrected chi connectivity index (χ1v) is 5.80. The van der Waals surface area contributed by atoms with Crippen molar-refractivity contribution in [3.8, 4) is 0 Å². The number of carbonyl (C=O) groups excluding carboxylic acids is 1. The number of halogens is 1. The third-order valence-electron chi connectivity index (χ3n) is 2.48. The molecule has 0 fully saturated rings. The minimum atomic E-state index is 0.282. The van der Waals surface area contributed by atoms with Crippen LogP contribution in [-0.4, -0.2) is 11.7 Å². The van der Waals surface area contributed by atoms with E-state index < -0.39 is 0 Å². The van der Waals surface area contributed by atoms with Gasteiger partial charge in [0.25, 0.3) is 0 Å². The molecule has 0 N–H and O–H groups in total. The van der Waals surface area contributed by atoms with E-state index in [-0.39, 0.29) is 5.78 Å². The van der Waals surface area contributed by atoms with Gasteiger partial charge in [-0.2, -0.15) is 0 Å². The Kier molecular flexibility index (Phi) is 4.83. The molecule has 0 atom stereocenters. The number of aryl methyl sites for hydroxylation is 2. The molecule has 1 nitrogen and oxygen atoms in total. The van der Waals surface area contributed by atoms with Gasteiger partial charge in [0.1, 0.15) is 5.78 Å². The lowest BCUT2D eigenvalue weighted by atomic mass is 9.99. The molecule has 82 valence electrons. The van der Waals surface area contributed by atoms with Crippen molar-refractivity contribution in [3.63, 3.8) is 0 Å². The summed E-state index contributed by atoms with van der Waals surface area (Å²) in [5, 5.41) is 0. The molecule has 1 rings (SSSR count). The molecule has 0 bridgehead atoms. The minimum absolute atomic E-state index is 0.282. The summed E-state index contributed by atoms with van der Waals surface area (Å²) in [6, 6.07) is 6.23. The number of carbonyl (C=O) groups is 1. The van der Waals surface area contributed by atoms with Crippen LogP contribution in [0.2, 0.25) is 0 Å². The molecule has 1 aromatic carbocycles. The lowest BCUT2D eigenvalue weighted by molar-refractivity contribution is -0.118. The average molecular weight is 225 g/mol. The normalized spacial score (nSPS) is 10.3. The Morgan fingerprint density at radius 3 is 2.73 bits per heavy atom. The summed E-state index contributed by atoms with van der Waals surface area (Å²) in [5.41, 5.74) is 3.55. The summed E-state index contributed by atoms with van der Waals surface area (Å²) in [6.45, 7) is 4.09. The zero-order valence-corrected chi connectivity index (χ0v) is 10.1. The maximum absolute atomic E-state index is 11.6. The van der Waals surface area contributed by atoms with Gasteiger partial charge in [-0.1, -0.05) is 23.8 Å². The van der Waals surface area contributed by atoms with E-state index in [0.29, 0.717) is 18.7 Å². The molecular weight excluding hydrogens is 208 g/mol. The van der Waals surface area contributed by atoms with Crippen molar-refractivity contribution in [3.05, 3.63) is 34.9 Å². The van der Waals surface area contributed by atoms with Crippen molar-refractivity contribution >= 4 is 17.4 Å². The van der Waals surface area contributed by atoms with E-state index in [0.717, 1.165) is 12.0 Å². The highest BCUT2D eigenvalue weighted by Gasteiger charge is 2.05. The topological polar surface area (TPSA) is 17.1 Å². The summed E-state index contributed by atoms with van der Waals surface area (Å²) in [4.78, 5) is 11.6. The van der Waals surface area contributed by atoms with E-state index >= 15 is 0 Å². The van der Waals surface area contributed by atoms with Crippen LogP contribution in [0.25, 0.3) is 0 Å². The Balaban J connectivity index is 2.63. The van der Waals surface area contributed by atoms with Crippen molar-refractivity contribution < 1.29 is 4.79 Å². The Bertz CT molecular complexity index is 344. The fourth-order valence-electron chi connectivity index (χ4n) is 1.56. The van der Waals surface area contributed by atoms with Crippen molar-refractivity contribution in [2.75, 3.05) is 5.88 Å². The Morgan fingerprint density at radius 1 is 1.33 bits per heavy atom. The van der Waals surface area contributed by atoms with E-state index in [9.17, 15) is 4.79 Å². The summed E-state index contributed by atoms with van der Waals surface area (Å²) < 4.78 is 0. The predicted molar refractivity (Wildman–Crippen MR) is 64.6 cm³/mol. The van der Waals surface area contributed by atoms with Gasteiger partial charge >= 0.3 is 0 Å². The molecule has 0 aromatic heterocycles. The maximum Gasteiger partial charge on any atom is 0.137 e. The molecule has 0 spiro atoms. The van der Waals surface area contributed by atoms with E-state index in [1.807, 2.05) is 13.8 Å². The minimum Gasteiger partial charge on any atom is -0.299 e. The van der Waals surface area contributed by atoms with Crippen molar-refractivity contribution in [2.24, 2.45) is 0 Å². The van der Waals surface area contributed by atoms with Crippen molar-refractivity contribution in [1.29, 1.82) is 0 Å². The monoisotopic (exact) mass is 224 g/mol. The van der Waals surface area contributed by atoms with Crippen LogP contribution in [-0.2, 0) is 11.2 Å². The van der Waals surface area contributed by atoms with E-state index in [1.165, 1.54) is 11.1 Å². The van der Waals surface area contributed by atoms with Gasteiger partial charge in [-0.3, -0.25) is 4.79 Å². The molecule has 0 saturated carbocycles.